The fourth-order valence-corrected chi connectivity index (χ4v) is 4.47. The van der Waals surface area contributed by atoms with Crippen LogP contribution in [0.1, 0.15) is 27.8 Å². The first-order valence-corrected chi connectivity index (χ1v) is 12.0. The number of carbonyl (C=O) groups excluding carboxylic acids is 3. The van der Waals surface area contributed by atoms with Gasteiger partial charge in [0.15, 0.2) is 0 Å². The number of urea groups is 1. The van der Waals surface area contributed by atoms with Crippen LogP contribution < -0.4 is 15.0 Å². The van der Waals surface area contributed by atoms with Crippen molar-refractivity contribution in [2.24, 2.45) is 0 Å². The molecule has 1 aliphatic heterocycles. The zero-order valence-corrected chi connectivity index (χ0v) is 20.9. The maximum Gasteiger partial charge on any atom is 0.335 e. The highest BCUT2D eigenvalue weighted by Crippen LogP contribution is 2.33. The summed E-state index contributed by atoms with van der Waals surface area (Å²) in [6, 6.07) is 24.1. The SMILES string of the molecule is Cc1ccc(COc2ccc3ccccc3c2/C=C2\C(=O)NC(=O)N(c3ccc(C)cc3C)C2=O)cc1. The van der Waals surface area contributed by atoms with E-state index in [0.29, 0.717) is 23.6 Å². The number of imide groups is 2. The lowest BCUT2D eigenvalue weighted by Gasteiger charge is -2.28. The number of aryl methyl sites for hydroxylation is 3. The van der Waals surface area contributed by atoms with Gasteiger partial charge in [-0.25, -0.2) is 9.69 Å². The predicted molar refractivity (Wildman–Crippen MR) is 144 cm³/mol. The second-order valence-electron chi connectivity index (χ2n) is 9.22. The Morgan fingerprint density at radius 2 is 1.57 bits per heavy atom. The number of hydrogen-bond donors (Lipinski definition) is 1. The van der Waals surface area contributed by atoms with Crippen LogP contribution in [0, 0.1) is 20.8 Å². The van der Waals surface area contributed by atoms with Crippen LogP contribution in [-0.4, -0.2) is 17.8 Å². The average molecular weight is 491 g/mol. The monoisotopic (exact) mass is 490 g/mol. The third-order valence-electron chi connectivity index (χ3n) is 6.43. The molecule has 0 unspecified atom stereocenters. The van der Waals surface area contributed by atoms with E-state index in [2.05, 4.69) is 5.32 Å². The molecule has 1 saturated heterocycles. The number of amides is 4. The van der Waals surface area contributed by atoms with E-state index >= 15 is 0 Å². The standard InChI is InChI=1S/C31H26N2O4/c1-19-8-11-22(12-9-19)18-37-28-15-13-23-6-4-5-7-24(23)25(28)17-26-29(34)32-31(36)33(30(26)35)27-14-10-20(2)16-21(27)3/h4-17H,18H2,1-3H3,(H,32,34,36)/b26-17+. The van der Waals surface area contributed by atoms with Gasteiger partial charge in [0.2, 0.25) is 0 Å². The highest BCUT2D eigenvalue weighted by Gasteiger charge is 2.37. The molecule has 6 heteroatoms. The number of benzene rings is 4. The van der Waals surface area contributed by atoms with E-state index < -0.39 is 17.8 Å². The van der Waals surface area contributed by atoms with Gasteiger partial charge >= 0.3 is 6.03 Å². The molecule has 1 N–H and O–H groups in total. The Kier molecular flexibility index (Phi) is 6.32. The third-order valence-corrected chi connectivity index (χ3v) is 6.43. The number of carbonyl (C=O) groups is 3. The molecule has 184 valence electrons. The highest BCUT2D eigenvalue weighted by atomic mass is 16.5. The first-order chi connectivity index (χ1) is 17.8. The summed E-state index contributed by atoms with van der Waals surface area (Å²) in [5.41, 5.74) is 4.80. The first-order valence-electron chi connectivity index (χ1n) is 12.0. The Bertz CT molecular complexity index is 1590. The molecule has 5 rings (SSSR count). The van der Waals surface area contributed by atoms with E-state index in [1.54, 1.807) is 6.07 Å². The van der Waals surface area contributed by atoms with Gasteiger partial charge < -0.3 is 4.74 Å². The number of hydrogen-bond acceptors (Lipinski definition) is 4. The van der Waals surface area contributed by atoms with Crippen molar-refractivity contribution in [3.8, 4) is 5.75 Å². The van der Waals surface area contributed by atoms with E-state index in [0.717, 1.165) is 37.9 Å². The molecule has 37 heavy (non-hydrogen) atoms. The molecule has 1 heterocycles. The van der Waals surface area contributed by atoms with E-state index in [1.807, 2.05) is 93.6 Å². The molecule has 0 aromatic heterocycles. The number of nitrogens with one attached hydrogen (secondary N) is 1. The maximum absolute atomic E-state index is 13.6. The Morgan fingerprint density at radius 1 is 0.838 bits per heavy atom. The van der Waals surface area contributed by atoms with Gasteiger partial charge in [-0.3, -0.25) is 14.9 Å². The van der Waals surface area contributed by atoms with Crippen LogP contribution >= 0.6 is 0 Å². The second kappa shape index (κ2) is 9.74. The number of rotatable bonds is 5. The lowest BCUT2D eigenvalue weighted by molar-refractivity contribution is -0.122. The number of fused-ring (bicyclic) bond motifs is 1. The van der Waals surface area contributed by atoms with E-state index in [9.17, 15) is 14.4 Å². The fourth-order valence-electron chi connectivity index (χ4n) is 4.47. The van der Waals surface area contributed by atoms with Gasteiger partial charge in [0.1, 0.15) is 17.9 Å². The van der Waals surface area contributed by atoms with Gasteiger partial charge in [0.25, 0.3) is 11.8 Å². The Balaban J connectivity index is 1.58. The van der Waals surface area contributed by atoms with Gasteiger partial charge in [-0.1, -0.05) is 77.9 Å². The summed E-state index contributed by atoms with van der Waals surface area (Å²) in [6.07, 6.45) is 1.52. The van der Waals surface area contributed by atoms with Gasteiger partial charge in [0.05, 0.1) is 5.69 Å². The van der Waals surface area contributed by atoms with Crippen LogP contribution in [0.5, 0.6) is 5.75 Å². The lowest BCUT2D eigenvalue weighted by Crippen LogP contribution is -2.54. The maximum atomic E-state index is 13.6. The Morgan fingerprint density at radius 3 is 2.32 bits per heavy atom. The van der Waals surface area contributed by atoms with Crippen molar-refractivity contribution in [2.75, 3.05) is 4.90 Å². The summed E-state index contributed by atoms with van der Waals surface area (Å²) in [4.78, 5) is 40.2. The highest BCUT2D eigenvalue weighted by molar-refractivity contribution is 6.39. The summed E-state index contributed by atoms with van der Waals surface area (Å²) < 4.78 is 6.18. The molecule has 6 nitrogen and oxygen atoms in total. The fraction of sp³-hybridized carbons (Fsp3) is 0.129. The summed E-state index contributed by atoms with van der Waals surface area (Å²) in [5.74, 6) is -0.895. The lowest BCUT2D eigenvalue weighted by atomic mass is 9.99. The minimum Gasteiger partial charge on any atom is -0.488 e. The molecule has 1 aliphatic rings. The minimum atomic E-state index is -0.770. The second-order valence-corrected chi connectivity index (χ2v) is 9.22. The van der Waals surface area contributed by atoms with Crippen molar-refractivity contribution < 1.29 is 19.1 Å². The summed E-state index contributed by atoms with van der Waals surface area (Å²) in [6.45, 7) is 6.10. The summed E-state index contributed by atoms with van der Waals surface area (Å²) in [5, 5.41) is 4.08. The molecular formula is C31H26N2O4. The zero-order chi connectivity index (χ0) is 26.1. The average Bonchev–Trinajstić information content (AvgIpc) is 2.87. The molecule has 1 fully saturated rings. The largest absolute Gasteiger partial charge is 0.488 e. The molecule has 4 aromatic rings. The number of nitrogens with zero attached hydrogens (tertiary/aromatic N) is 1. The van der Waals surface area contributed by atoms with E-state index in [1.165, 1.54) is 6.08 Å². The van der Waals surface area contributed by atoms with Crippen LogP contribution in [0.2, 0.25) is 0 Å². The van der Waals surface area contributed by atoms with Gasteiger partial charge in [0, 0.05) is 5.56 Å². The van der Waals surface area contributed by atoms with Crippen molar-refractivity contribution >= 4 is 40.4 Å². The number of barbiturate groups is 1. The van der Waals surface area contributed by atoms with Crippen LogP contribution in [0.15, 0.2) is 84.4 Å². The zero-order valence-electron chi connectivity index (χ0n) is 20.9. The van der Waals surface area contributed by atoms with Crippen LogP contribution in [0.3, 0.4) is 0 Å². The van der Waals surface area contributed by atoms with Crippen molar-refractivity contribution in [2.45, 2.75) is 27.4 Å². The molecule has 4 amide bonds. The number of anilines is 1. The Hall–Kier alpha value is -4.71. The molecule has 0 radical (unpaired) electrons. The molecule has 0 spiro atoms. The molecule has 0 atom stereocenters. The molecule has 0 bridgehead atoms. The summed E-state index contributed by atoms with van der Waals surface area (Å²) in [7, 11) is 0. The molecular weight excluding hydrogens is 464 g/mol. The van der Waals surface area contributed by atoms with Gasteiger partial charge in [-0.2, -0.15) is 0 Å². The summed E-state index contributed by atoms with van der Waals surface area (Å²) >= 11 is 0. The van der Waals surface area contributed by atoms with E-state index in [4.69, 9.17) is 4.74 Å². The van der Waals surface area contributed by atoms with Crippen molar-refractivity contribution in [1.82, 2.24) is 5.32 Å². The van der Waals surface area contributed by atoms with Gasteiger partial charge in [-0.05, 0) is 60.9 Å². The van der Waals surface area contributed by atoms with Gasteiger partial charge in [-0.15, -0.1) is 0 Å². The molecule has 0 saturated carbocycles. The minimum absolute atomic E-state index is 0.142. The smallest absolute Gasteiger partial charge is 0.335 e. The molecule has 4 aromatic carbocycles. The normalized spacial score (nSPS) is 14.8. The molecule has 0 aliphatic carbocycles. The van der Waals surface area contributed by atoms with Crippen molar-refractivity contribution in [3.05, 3.63) is 112 Å². The predicted octanol–water partition coefficient (Wildman–Crippen LogP) is 6.01. The first kappa shape index (κ1) is 24.0. The van der Waals surface area contributed by atoms with E-state index in [-0.39, 0.29) is 5.57 Å². The quantitative estimate of drug-likeness (QED) is 0.275. The van der Waals surface area contributed by atoms with Crippen LogP contribution in [0.4, 0.5) is 10.5 Å². The van der Waals surface area contributed by atoms with Crippen LogP contribution in [0.25, 0.3) is 16.8 Å². The Labute approximate surface area is 215 Å². The van der Waals surface area contributed by atoms with Crippen molar-refractivity contribution in [3.63, 3.8) is 0 Å². The van der Waals surface area contributed by atoms with Crippen LogP contribution in [-0.2, 0) is 16.2 Å². The van der Waals surface area contributed by atoms with Crippen molar-refractivity contribution in [1.29, 1.82) is 0 Å². The number of ether oxygens (including phenoxy) is 1. The third kappa shape index (κ3) is 4.74. The topological polar surface area (TPSA) is 75.7 Å².